The number of hydrogen-bond acceptors (Lipinski definition) is 4. The van der Waals surface area contributed by atoms with Crippen molar-refractivity contribution in [3.05, 3.63) is 54.4 Å². The first kappa shape index (κ1) is 17.4. The smallest absolute Gasteiger partial charge is 0.225 e. The lowest BCUT2D eigenvalue weighted by atomic mass is 9.93. The standard InChI is InChI=1S/C20H26N4O/c1-15(2)18(16-8-4-3-5-9-16)23-19(25)17-10-6-13-24(14-17)20-21-11-7-12-22-20/h3-5,7-9,11-12,15,17-18H,6,10,13-14H2,1-2H3,(H,23,25). The number of aromatic nitrogens is 2. The van der Waals surface area contributed by atoms with Gasteiger partial charge in [0.2, 0.25) is 11.9 Å². The van der Waals surface area contributed by atoms with Crippen LogP contribution in [0.3, 0.4) is 0 Å². The Morgan fingerprint density at radius 3 is 2.56 bits per heavy atom. The van der Waals surface area contributed by atoms with Gasteiger partial charge in [0.15, 0.2) is 0 Å². The molecule has 0 spiro atoms. The first-order valence-corrected chi connectivity index (χ1v) is 9.02. The van der Waals surface area contributed by atoms with E-state index in [1.807, 2.05) is 24.3 Å². The summed E-state index contributed by atoms with van der Waals surface area (Å²) >= 11 is 0. The Hall–Kier alpha value is -2.43. The van der Waals surface area contributed by atoms with Crippen molar-refractivity contribution in [1.29, 1.82) is 0 Å². The van der Waals surface area contributed by atoms with Crippen molar-refractivity contribution in [2.75, 3.05) is 18.0 Å². The van der Waals surface area contributed by atoms with Crippen LogP contribution in [-0.2, 0) is 4.79 Å². The molecule has 1 fully saturated rings. The molecule has 0 radical (unpaired) electrons. The second-order valence-corrected chi connectivity index (χ2v) is 6.97. The molecular weight excluding hydrogens is 312 g/mol. The van der Waals surface area contributed by atoms with Crippen molar-refractivity contribution in [3.8, 4) is 0 Å². The van der Waals surface area contributed by atoms with Gasteiger partial charge >= 0.3 is 0 Å². The molecule has 5 nitrogen and oxygen atoms in total. The summed E-state index contributed by atoms with van der Waals surface area (Å²) in [5, 5.41) is 3.27. The number of amides is 1. The molecule has 5 heteroatoms. The van der Waals surface area contributed by atoms with Crippen LogP contribution in [0.1, 0.15) is 38.3 Å². The molecule has 1 aromatic carbocycles. The van der Waals surface area contributed by atoms with Crippen LogP contribution in [0.15, 0.2) is 48.8 Å². The highest BCUT2D eigenvalue weighted by Gasteiger charge is 2.29. The first-order chi connectivity index (χ1) is 12.1. The largest absolute Gasteiger partial charge is 0.349 e. The molecule has 2 aromatic rings. The van der Waals surface area contributed by atoms with Gasteiger partial charge in [0, 0.05) is 25.5 Å². The van der Waals surface area contributed by atoms with Crippen LogP contribution in [0, 0.1) is 11.8 Å². The van der Waals surface area contributed by atoms with Crippen LogP contribution in [0.25, 0.3) is 0 Å². The van der Waals surface area contributed by atoms with Crippen LogP contribution in [-0.4, -0.2) is 29.0 Å². The maximum Gasteiger partial charge on any atom is 0.225 e. The van der Waals surface area contributed by atoms with E-state index in [4.69, 9.17) is 0 Å². The molecule has 25 heavy (non-hydrogen) atoms. The number of hydrogen-bond donors (Lipinski definition) is 1. The van der Waals surface area contributed by atoms with Crippen LogP contribution in [0.5, 0.6) is 0 Å². The number of piperidine rings is 1. The minimum absolute atomic E-state index is 0.0254. The number of rotatable bonds is 5. The Bertz CT molecular complexity index is 675. The fourth-order valence-electron chi connectivity index (χ4n) is 3.39. The van der Waals surface area contributed by atoms with E-state index < -0.39 is 0 Å². The Balaban J connectivity index is 1.67. The van der Waals surface area contributed by atoms with Gasteiger partial charge in [-0.05, 0) is 30.4 Å². The zero-order chi connectivity index (χ0) is 17.6. The Morgan fingerprint density at radius 2 is 1.88 bits per heavy atom. The lowest BCUT2D eigenvalue weighted by molar-refractivity contribution is -0.126. The molecule has 0 bridgehead atoms. The molecule has 1 aliphatic heterocycles. The van der Waals surface area contributed by atoms with Gasteiger partial charge in [0.1, 0.15) is 0 Å². The summed E-state index contributed by atoms with van der Waals surface area (Å²) in [5.74, 6) is 1.15. The summed E-state index contributed by atoms with van der Waals surface area (Å²) in [5.41, 5.74) is 1.16. The molecule has 2 heterocycles. The minimum Gasteiger partial charge on any atom is -0.349 e. The topological polar surface area (TPSA) is 58.1 Å². The van der Waals surface area contributed by atoms with Crippen molar-refractivity contribution in [3.63, 3.8) is 0 Å². The lowest BCUT2D eigenvalue weighted by Crippen LogP contribution is -2.45. The van der Waals surface area contributed by atoms with Crippen molar-refractivity contribution in [2.45, 2.75) is 32.7 Å². The van der Waals surface area contributed by atoms with Crippen molar-refractivity contribution in [1.82, 2.24) is 15.3 Å². The van der Waals surface area contributed by atoms with Crippen molar-refractivity contribution >= 4 is 11.9 Å². The summed E-state index contributed by atoms with van der Waals surface area (Å²) in [6, 6.07) is 12.0. The summed E-state index contributed by atoms with van der Waals surface area (Å²) in [6.45, 7) is 5.86. The van der Waals surface area contributed by atoms with E-state index in [1.165, 1.54) is 0 Å². The number of anilines is 1. The fourth-order valence-corrected chi connectivity index (χ4v) is 3.39. The SMILES string of the molecule is CC(C)C(NC(=O)C1CCCN(c2ncccn2)C1)c1ccccc1. The zero-order valence-electron chi connectivity index (χ0n) is 14.9. The summed E-state index contributed by atoms with van der Waals surface area (Å²) in [4.78, 5) is 23.6. The molecule has 0 saturated carbocycles. The van der Waals surface area contributed by atoms with E-state index in [0.717, 1.165) is 24.9 Å². The predicted molar refractivity (Wildman–Crippen MR) is 99.1 cm³/mol. The Labute approximate surface area is 149 Å². The van der Waals surface area contributed by atoms with Gasteiger partial charge in [-0.15, -0.1) is 0 Å². The zero-order valence-corrected chi connectivity index (χ0v) is 14.9. The van der Waals surface area contributed by atoms with E-state index >= 15 is 0 Å². The lowest BCUT2D eigenvalue weighted by Gasteiger charge is -2.33. The maximum atomic E-state index is 12.9. The second kappa shape index (κ2) is 8.10. The monoisotopic (exact) mass is 338 g/mol. The number of nitrogens with zero attached hydrogens (tertiary/aromatic N) is 3. The minimum atomic E-state index is -0.0254. The molecule has 132 valence electrons. The summed E-state index contributed by atoms with van der Waals surface area (Å²) in [7, 11) is 0. The average Bonchev–Trinajstić information content (AvgIpc) is 2.67. The number of carbonyl (C=O) groups is 1. The molecule has 2 unspecified atom stereocenters. The molecular formula is C20H26N4O. The average molecular weight is 338 g/mol. The molecule has 1 amide bonds. The predicted octanol–water partition coefficient (Wildman–Crippen LogP) is 3.21. The van der Waals surface area contributed by atoms with Crippen molar-refractivity contribution < 1.29 is 4.79 Å². The molecule has 1 aromatic heterocycles. The van der Waals surface area contributed by atoms with E-state index in [1.54, 1.807) is 12.4 Å². The van der Waals surface area contributed by atoms with Crippen LogP contribution in [0.2, 0.25) is 0 Å². The highest BCUT2D eigenvalue weighted by atomic mass is 16.2. The number of nitrogens with one attached hydrogen (secondary N) is 1. The highest BCUT2D eigenvalue weighted by molar-refractivity contribution is 5.80. The second-order valence-electron chi connectivity index (χ2n) is 6.97. The van der Waals surface area contributed by atoms with E-state index in [2.05, 4.69) is 46.2 Å². The van der Waals surface area contributed by atoms with Crippen LogP contribution >= 0.6 is 0 Å². The van der Waals surface area contributed by atoms with E-state index in [0.29, 0.717) is 18.4 Å². The van der Waals surface area contributed by atoms with Crippen molar-refractivity contribution in [2.24, 2.45) is 11.8 Å². The van der Waals surface area contributed by atoms with Gasteiger partial charge in [0.05, 0.1) is 12.0 Å². The van der Waals surface area contributed by atoms with Gasteiger partial charge in [-0.1, -0.05) is 44.2 Å². The Morgan fingerprint density at radius 1 is 1.16 bits per heavy atom. The normalized spacial score (nSPS) is 18.8. The highest BCUT2D eigenvalue weighted by Crippen LogP contribution is 2.24. The van der Waals surface area contributed by atoms with Gasteiger partial charge in [-0.25, -0.2) is 9.97 Å². The van der Waals surface area contributed by atoms with Crippen LogP contribution in [0.4, 0.5) is 5.95 Å². The molecule has 2 atom stereocenters. The quantitative estimate of drug-likeness (QED) is 0.909. The van der Waals surface area contributed by atoms with E-state index in [-0.39, 0.29) is 17.9 Å². The summed E-state index contributed by atoms with van der Waals surface area (Å²) in [6.07, 6.45) is 5.38. The first-order valence-electron chi connectivity index (χ1n) is 9.02. The third-order valence-corrected chi connectivity index (χ3v) is 4.75. The maximum absolute atomic E-state index is 12.9. The number of carbonyl (C=O) groups excluding carboxylic acids is 1. The molecule has 1 N–H and O–H groups in total. The van der Waals surface area contributed by atoms with Crippen LogP contribution < -0.4 is 10.2 Å². The number of benzene rings is 1. The molecule has 1 saturated heterocycles. The molecule has 0 aliphatic carbocycles. The van der Waals surface area contributed by atoms with Gasteiger partial charge in [-0.3, -0.25) is 4.79 Å². The van der Waals surface area contributed by atoms with Gasteiger partial charge in [-0.2, -0.15) is 0 Å². The van der Waals surface area contributed by atoms with Gasteiger partial charge in [0.25, 0.3) is 0 Å². The fraction of sp³-hybridized carbons (Fsp3) is 0.450. The molecule has 3 rings (SSSR count). The Kier molecular flexibility index (Phi) is 5.64. The van der Waals surface area contributed by atoms with E-state index in [9.17, 15) is 4.79 Å². The third kappa shape index (κ3) is 4.35. The summed E-state index contributed by atoms with van der Waals surface area (Å²) < 4.78 is 0. The molecule has 1 aliphatic rings. The van der Waals surface area contributed by atoms with Gasteiger partial charge < -0.3 is 10.2 Å². The third-order valence-electron chi connectivity index (χ3n) is 4.75.